The van der Waals surface area contributed by atoms with Gasteiger partial charge in [0.05, 0.1) is 6.10 Å². The Morgan fingerprint density at radius 2 is 2.35 bits per heavy atom. The highest BCUT2D eigenvalue weighted by molar-refractivity contribution is 9.10. The second-order valence-corrected chi connectivity index (χ2v) is 5.30. The second kappa shape index (κ2) is 5.85. The number of hydrogen-bond acceptors (Lipinski definition) is 3. The fourth-order valence-electron chi connectivity index (χ4n) is 2.11. The lowest BCUT2D eigenvalue weighted by Crippen LogP contribution is -2.21. The Balaban J connectivity index is 2.08. The fourth-order valence-corrected chi connectivity index (χ4v) is 2.62. The summed E-state index contributed by atoms with van der Waals surface area (Å²) < 4.78 is 1.14. The molecule has 4 heteroatoms. The third kappa shape index (κ3) is 3.21. The maximum Gasteiger partial charge on any atom is 0.0731 e. The van der Waals surface area contributed by atoms with E-state index in [9.17, 15) is 5.11 Å². The molecule has 1 aliphatic heterocycles. The van der Waals surface area contributed by atoms with Crippen molar-refractivity contribution >= 4 is 21.6 Å². The van der Waals surface area contributed by atoms with Crippen molar-refractivity contribution in [1.82, 2.24) is 5.32 Å². The molecule has 1 atom stereocenters. The molecule has 1 aromatic rings. The van der Waals surface area contributed by atoms with Gasteiger partial charge in [-0.25, -0.2) is 0 Å². The van der Waals surface area contributed by atoms with Crippen LogP contribution >= 0.6 is 15.9 Å². The van der Waals surface area contributed by atoms with Crippen LogP contribution in [0.1, 0.15) is 18.9 Å². The van der Waals surface area contributed by atoms with E-state index in [1.165, 1.54) is 11.3 Å². The van der Waals surface area contributed by atoms with Crippen molar-refractivity contribution in [3.8, 4) is 0 Å². The maximum absolute atomic E-state index is 9.54. The summed E-state index contributed by atoms with van der Waals surface area (Å²) in [7, 11) is 0. The first-order chi connectivity index (χ1) is 8.20. The molecule has 1 fully saturated rings. The number of nitrogens with one attached hydrogen (secondary N) is 1. The van der Waals surface area contributed by atoms with Gasteiger partial charge in [-0.05, 0) is 30.7 Å². The SMILES string of the molecule is CCNCc1ccc(N2CCC(O)C2)cc1Br. The van der Waals surface area contributed by atoms with Gasteiger partial charge >= 0.3 is 0 Å². The first-order valence-corrected chi connectivity index (χ1v) is 6.92. The predicted molar refractivity (Wildman–Crippen MR) is 74.4 cm³/mol. The van der Waals surface area contributed by atoms with Gasteiger partial charge in [0.1, 0.15) is 0 Å². The molecule has 94 valence electrons. The average Bonchev–Trinajstić information content (AvgIpc) is 2.74. The van der Waals surface area contributed by atoms with Crippen LogP contribution < -0.4 is 10.2 Å². The number of benzene rings is 1. The van der Waals surface area contributed by atoms with Gasteiger partial charge < -0.3 is 15.3 Å². The molecule has 0 aromatic heterocycles. The van der Waals surface area contributed by atoms with Crippen LogP contribution in [-0.4, -0.2) is 30.8 Å². The molecule has 1 aliphatic rings. The van der Waals surface area contributed by atoms with E-state index in [2.05, 4.69) is 51.3 Å². The Morgan fingerprint density at radius 1 is 1.53 bits per heavy atom. The van der Waals surface area contributed by atoms with Gasteiger partial charge in [0.25, 0.3) is 0 Å². The molecule has 0 spiro atoms. The van der Waals surface area contributed by atoms with Crippen LogP contribution in [0.3, 0.4) is 0 Å². The lowest BCUT2D eigenvalue weighted by Gasteiger charge is -2.19. The van der Waals surface area contributed by atoms with E-state index in [1.807, 2.05) is 0 Å². The molecule has 0 amide bonds. The van der Waals surface area contributed by atoms with E-state index in [1.54, 1.807) is 0 Å². The van der Waals surface area contributed by atoms with Crippen molar-refractivity contribution < 1.29 is 5.11 Å². The molecule has 0 saturated carbocycles. The van der Waals surface area contributed by atoms with E-state index in [-0.39, 0.29) is 6.10 Å². The summed E-state index contributed by atoms with van der Waals surface area (Å²) >= 11 is 3.61. The number of aliphatic hydroxyl groups excluding tert-OH is 1. The number of halogens is 1. The van der Waals surface area contributed by atoms with Crippen molar-refractivity contribution in [2.45, 2.75) is 26.0 Å². The van der Waals surface area contributed by atoms with Crippen LogP contribution in [0.4, 0.5) is 5.69 Å². The largest absolute Gasteiger partial charge is 0.391 e. The highest BCUT2D eigenvalue weighted by Gasteiger charge is 2.20. The zero-order chi connectivity index (χ0) is 12.3. The predicted octanol–water partition coefficient (Wildman–Crippen LogP) is 2.13. The molecular formula is C13H19BrN2O. The van der Waals surface area contributed by atoms with Crippen LogP contribution in [-0.2, 0) is 6.54 Å². The average molecular weight is 299 g/mol. The third-order valence-corrected chi connectivity index (χ3v) is 3.87. The Hall–Kier alpha value is -0.580. The van der Waals surface area contributed by atoms with Crippen molar-refractivity contribution in [1.29, 1.82) is 0 Å². The molecule has 3 nitrogen and oxygen atoms in total. The molecule has 1 unspecified atom stereocenters. The van der Waals surface area contributed by atoms with E-state index in [0.29, 0.717) is 0 Å². The summed E-state index contributed by atoms with van der Waals surface area (Å²) in [6.45, 7) is 5.67. The Morgan fingerprint density at radius 3 is 2.94 bits per heavy atom. The standard InChI is InChI=1S/C13H19BrN2O/c1-2-15-8-10-3-4-11(7-13(10)14)16-6-5-12(17)9-16/h3-4,7,12,15,17H,2,5-6,8-9H2,1H3. The number of aliphatic hydroxyl groups is 1. The van der Waals surface area contributed by atoms with Crippen LogP contribution in [0, 0.1) is 0 Å². The minimum absolute atomic E-state index is 0.171. The Kier molecular flexibility index (Phi) is 4.42. The molecule has 0 bridgehead atoms. The van der Waals surface area contributed by atoms with Crippen LogP contribution in [0.2, 0.25) is 0 Å². The van der Waals surface area contributed by atoms with Gasteiger partial charge in [-0.15, -0.1) is 0 Å². The van der Waals surface area contributed by atoms with Gasteiger partial charge in [-0.3, -0.25) is 0 Å². The van der Waals surface area contributed by atoms with E-state index in [4.69, 9.17) is 0 Å². The van der Waals surface area contributed by atoms with Gasteiger partial charge in [0.2, 0.25) is 0 Å². The molecule has 1 heterocycles. The Labute approximate surface area is 111 Å². The monoisotopic (exact) mass is 298 g/mol. The second-order valence-electron chi connectivity index (χ2n) is 4.44. The van der Waals surface area contributed by atoms with Crippen LogP contribution in [0.5, 0.6) is 0 Å². The molecule has 1 saturated heterocycles. The number of anilines is 1. The molecule has 17 heavy (non-hydrogen) atoms. The van der Waals surface area contributed by atoms with Gasteiger partial charge in [-0.2, -0.15) is 0 Å². The van der Waals surface area contributed by atoms with Crippen molar-refractivity contribution in [3.63, 3.8) is 0 Å². The first kappa shape index (κ1) is 12.9. The molecule has 1 aromatic carbocycles. The smallest absolute Gasteiger partial charge is 0.0731 e. The lowest BCUT2D eigenvalue weighted by atomic mass is 10.2. The summed E-state index contributed by atoms with van der Waals surface area (Å²) in [5, 5.41) is 12.9. The topological polar surface area (TPSA) is 35.5 Å². The van der Waals surface area contributed by atoms with Crippen molar-refractivity contribution in [3.05, 3.63) is 28.2 Å². The zero-order valence-corrected chi connectivity index (χ0v) is 11.7. The lowest BCUT2D eigenvalue weighted by molar-refractivity contribution is 0.198. The van der Waals surface area contributed by atoms with Crippen LogP contribution in [0.25, 0.3) is 0 Å². The molecule has 0 radical (unpaired) electrons. The molecular weight excluding hydrogens is 280 g/mol. The quantitative estimate of drug-likeness (QED) is 0.894. The van der Waals surface area contributed by atoms with Gasteiger partial charge in [0, 0.05) is 29.8 Å². The number of β-amino-alcohol motifs (C(OH)–C–C–N with tert-alkyl or cyclic N) is 1. The summed E-state index contributed by atoms with van der Waals surface area (Å²) in [6, 6.07) is 6.42. The van der Waals surface area contributed by atoms with Crippen LogP contribution in [0.15, 0.2) is 22.7 Å². The highest BCUT2D eigenvalue weighted by Crippen LogP contribution is 2.26. The molecule has 2 rings (SSSR count). The minimum Gasteiger partial charge on any atom is -0.391 e. The third-order valence-electron chi connectivity index (χ3n) is 3.13. The summed E-state index contributed by atoms with van der Waals surface area (Å²) in [5.41, 5.74) is 2.46. The summed E-state index contributed by atoms with van der Waals surface area (Å²) in [6.07, 6.45) is 0.701. The summed E-state index contributed by atoms with van der Waals surface area (Å²) in [4.78, 5) is 2.23. The Bertz CT molecular complexity index is 384. The normalized spacial score (nSPS) is 19.9. The van der Waals surface area contributed by atoms with E-state index >= 15 is 0 Å². The minimum atomic E-state index is -0.171. The van der Waals surface area contributed by atoms with Crippen molar-refractivity contribution in [2.24, 2.45) is 0 Å². The van der Waals surface area contributed by atoms with E-state index < -0.39 is 0 Å². The number of hydrogen-bond donors (Lipinski definition) is 2. The van der Waals surface area contributed by atoms with E-state index in [0.717, 1.165) is 37.1 Å². The van der Waals surface area contributed by atoms with Gasteiger partial charge in [0.15, 0.2) is 0 Å². The molecule has 2 N–H and O–H groups in total. The number of nitrogens with zero attached hydrogens (tertiary/aromatic N) is 1. The zero-order valence-electron chi connectivity index (χ0n) is 10.1. The first-order valence-electron chi connectivity index (χ1n) is 6.13. The van der Waals surface area contributed by atoms with Gasteiger partial charge in [-0.1, -0.05) is 28.9 Å². The van der Waals surface area contributed by atoms with Crippen molar-refractivity contribution in [2.75, 3.05) is 24.5 Å². The maximum atomic E-state index is 9.54. The summed E-state index contributed by atoms with van der Waals surface area (Å²) in [5.74, 6) is 0. The number of rotatable bonds is 4. The molecule has 0 aliphatic carbocycles. The highest BCUT2D eigenvalue weighted by atomic mass is 79.9. The fraction of sp³-hybridized carbons (Fsp3) is 0.538.